The highest BCUT2D eigenvalue weighted by molar-refractivity contribution is 5.94. The van der Waals surface area contributed by atoms with E-state index in [2.05, 4.69) is 20.2 Å². The van der Waals surface area contributed by atoms with Crippen molar-refractivity contribution in [3.8, 4) is 0 Å². The Kier molecular flexibility index (Phi) is 4.74. The van der Waals surface area contributed by atoms with Gasteiger partial charge in [-0.1, -0.05) is 0 Å². The molecule has 1 amide bonds. The van der Waals surface area contributed by atoms with Crippen molar-refractivity contribution >= 4 is 5.91 Å². The molecule has 1 aliphatic carbocycles. The summed E-state index contributed by atoms with van der Waals surface area (Å²) in [6.07, 6.45) is 9.29. The monoisotopic (exact) mass is 341 g/mol. The summed E-state index contributed by atoms with van der Waals surface area (Å²) in [6, 6.07) is 1.92. The Balaban J connectivity index is 1.39. The van der Waals surface area contributed by atoms with E-state index in [1.807, 2.05) is 11.0 Å². The molecule has 0 saturated carbocycles. The van der Waals surface area contributed by atoms with E-state index in [1.165, 1.54) is 6.42 Å². The molecule has 0 bridgehead atoms. The lowest BCUT2D eigenvalue weighted by Crippen LogP contribution is -2.46. The van der Waals surface area contributed by atoms with Gasteiger partial charge in [-0.15, -0.1) is 0 Å². The minimum atomic E-state index is 0.0368. The number of carbonyl (C=O) groups excluding carboxylic acids is 1. The lowest BCUT2D eigenvalue weighted by atomic mass is 9.95. The molecule has 2 aromatic heterocycles. The molecule has 25 heavy (non-hydrogen) atoms. The van der Waals surface area contributed by atoms with Gasteiger partial charge in [0.1, 0.15) is 6.33 Å². The van der Waals surface area contributed by atoms with Gasteiger partial charge in [-0.25, -0.2) is 9.97 Å². The van der Waals surface area contributed by atoms with E-state index in [0.29, 0.717) is 25.4 Å². The van der Waals surface area contributed by atoms with E-state index < -0.39 is 0 Å². The highest BCUT2D eigenvalue weighted by Crippen LogP contribution is 2.24. The zero-order valence-electron chi connectivity index (χ0n) is 14.3. The number of aryl methyl sites for hydroxylation is 2. The highest BCUT2D eigenvalue weighted by atomic mass is 16.5. The van der Waals surface area contributed by atoms with Crippen molar-refractivity contribution in [3.63, 3.8) is 0 Å². The first kappa shape index (κ1) is 16.2. The van der Waals surface area contributed by atoms with Crippen molar-refractivity contribution < 1.29 is 9.53 Å². The number of rotatable bonds is 4. The van der Waals surface area contributed by atoms with Crippen LogP contribution in [-0.2, 0) is 24.0 Å². The molecule has 0 aromatic carbocycles. The summed E-state index contributed by atoms with van der Waals surface area (Å²) in [7, 11) is 0. The summed E-state index contributed by atoms with van der Waals surface area (Å²) in [5.41, 5.74) is 3.89. The molecule has 0 spiro atoms. The molecular formula is C18H23N5O2. The summed E-state index contributed by atoms with van der Waals surface area (Å²) in [5.74, 6) is 0.0368. The number of nitrogens with one attached hydrogen (secondary N) is 1. The topological polar surface area (TPSA) is 84.0 Å². The number of aromatic amines is 1. The Morgan fingerprint density at radius 1 is 1.36 bits per heavy atom. The van der Waals surface area contributed by atoms with Crippen molar-refractivity contribution in [1.29, 1.82) is 0 Å². The Morgan fingerprint density at radius 2 is 2.28 bits per heavy atom. The van der Waals surface area contributed by atoms with Crippen LogP contribution in [0.25, 0.3) is 0 Å². The second-order valence-corrected chi connectivity index (χ2v) is 6.72. The molecule has 7 nitrogen and oxygen atoms in total. The molecule has 1 atom stereocenters. The van der Waals surface area contributed by atoms with Crippen molar-refractivity contribution in [2.24, 2.45) is 0 Å². The molecule has 1 aliphatic heterocycles. The minimum Gasteiger partial charge on any atom is -0.375 e. The van der Waals surface area contributed by atoms with Gasteiger partial charge in [0.05, 0.1) is 12.7 Å². The number of aromatic nitrogens is 4. The minimum absolute atomic E-state index is 0.0368. The van der Waals surface area contributed by atoms with E-state index in [1.54, 1.807) is 12.5 Å². The fourth-order valence-corrected chi connectivity index (χ4v) is 3.66. The Bertz CT molecular complexity index is 730. The standard InChI is InChI=1S/C18H23N5O2/c24-18(17-15-3-1-2-4-16(15)21-22-17)23-9-10-25-14(11-23)6-5-13-7-8-19-12-20-13/h7-8,12,14H,1-6,9-11H2,(H,21,22)/t14-/m0/s1. The maximum Gasteiger partial charge on any atom is 0.274 e. The van der Waals surface area contributed by atoms with Crippen LogP contribution < -0.4 is 0 Å². The second-order valence-electron chi connectivity index (χ2n) is 6.72. The Morgan fingerprint density at radius 3 is 3.16 bits per heavy atom. The largest absolute Gasteiger partial charge is 0.375 e. The van der Waals surface area contributed by atoms with Gasteiger partial charge < -0.3 is 9.64 Å². The van der Waals surface area contributed by atoms with Crippen LogP contribution in [0.1, 0.15) is 46.7 Å². The molecule has 0 radical (unpaired) electrons. The molecule has 4 rings (SSSR count). The van der Waals surface area contributed by atoms with Crippen molar-refractivity contribution in [2.75, 3.05) is 19.7 Å². The molecule has 132 valence electrons. The van der Waals surface area contributed by atoms with Crippen LogP contribution in [0.3, 0.4) is 0 Å². The highest BCUT2D eigenvalue weighted by Gasteiger charge is 2.29. The number of morpholine rings is 1. The van der Waals surface area contributed by atoms with E-state index in [0.717, 1.165) is 49.1 Å². The molecule has 1 fully saturated rings. The quantitative estimate of drug-likeness (QED) is 0.912. The van der Waals surface area contributed by atoms with Crippen LogP contribution >= 0.6 is 0 Å². The number of carbonyl (C=O) groups is 1. The van der Waals surface area contributed by atoms with E-state index in [4.69, 9.17) is 4.74 Å². The number of fused-ring (bicyclic) bond motifs is 1. The Labute approximate surface area is 146 Å². The maximum atomic E-state index is 12.9. The van der Waals surface area contributed by atoms with Crippen LogP contribution in [0.5, 0.6) is 0 Å². The van der Waals surface area contributed by atoms with Crippen LogP contribution in [0, 0.1) is 0 Å². The van der Waals surface area contributed by atoms with E-state index >= 15 is 0 Å². The van der Waals surface area contributed by atoms with E-state index in [9.17, 15) is 4.79 Å². The van der Waals surface area contributed by atoms with Gasteiger partial charge >= 0.3 is 0 Å². The predicted octanol–water partition coefficient (Wildman–Crippen LogP) is 1.55. The Hall–Kier alpha value is -2.28. The van der Waals surface area contributed by atoms with Crippen LogP contribution in [0.15, 0.2) is 18.6 Å². The molecule has 2 aliphatic rings. The van der Waals surface area contributed by atoms with Gasteiger partial charge in [0.2, 0.25) is 0 Å². The van der Waals surface area contributed by atoms with Gasteiger partial charge in [0, 0.05) is 36.2 Å². The molecule has 1 N–H and O–H groups in total. The number of hydrogen-bond donors (Lipinski definition) is 1. The summed E-state index contributed by atoms with van der Waals surface area (Å²) in [4.78, 5) is 23.0. The first-order chi connectivity index (χ1) is 12.3. The van der Waals surface area contributed by atoms with Gasteiger partial charge in [0.15, 0.2) is 5.69 Å². The molecule has 0 unspecified atom stereocenters. The third-order valence-electron chi connectivity index (χ3n) is 5.05. The van der Waals surface area contributed by atoms with Crippen molar-refractivity contribution in [3.05, 3.63) is 41.2 Å². The summed E-state index contributed by atoms with van der Waals surface area (Å²) < 4.78 is 5.84. The van der Waals surface area contributed by atoms with Crippen molar-refractivity contribution in [2.45, 2.75) is 44.6 Å². The van der Waals surface area contributed by atoms with E-state index in [-0.39, 0.29) is 12.0 Å². The smallest absolute Gasteiger partial charge is 0.274 e. The molecule has 3 heterocycles. The number of H-pyrrole nitrogens is 1. The molecular weight excluding hydrogens is 318 g/mol. The average molecular weight is 341 g/mol. The summed E-state index contributed by atoms with van der Waals surface area (Å²) >= 11 is 0. The van der Waals surface area contributed by atoms with Crippen LogP contribution in [-0.4, -0.2) is 56.8 Å². The zero-order valence-corrected chi connectivity index (χ0v) is 14.3. The second kappa shape index (κ2) is 7.31. The van der Waals surface area contributed by atoms with Crippen LogP contribution in [0.2, 0.25) is 0 Å². The van der Waals surface area contributed by atoms with Crippen LogP contribution in [0.4, 0.5) is 0 Å². The number of hydrogen-bond acceptors (Lipinski definition) is 5. The van der Waals surface area contributed by atoms with Gasteiger partial charge in [-0.3, -0.25) is 9.89 Å². The summed E-state index contributed by atoms with van der Waals surface area (Å²) in [5, 5.41) is 7.38. The molecule has 7 heteroatoms. The summed E-state index contributed by atoms with van der Waals surface area (Å²) in [6.45, 7) is 1.82. The van der Waals surface area contributed by atoms with Gasteiger partial charge in [0.25, 0.3) is 5.91 Å². The lowest BCUT2D eigenvalue weighted by Gasteiger charge is -2.33. The average Bonchev–Trinajstić information content (AvgIpc) is 3.11. The number of nitrogens with zero attached hydrogens (tertiary/aromatic N) is 4. The number of ether oxygens (including phenoxy) is 1. The van der Waals surface area contributed by atoms with Crippen molar-refractivity contribution in [1.82, 2.24) is 25.1 Å². The lowest BCUT2D eigenvalue weighted by molar-refractivity contribution is -0.0249. The SMILES string of the molecule is O=C(c1n[nH]c2c1CCCC2)N1CCO[C@@H](CCc2ccncn2)C1. The zero-order chi connectivity index (χ0) is 17.1. The third-order valence-corrected chi connectivity index (χ3v) is 5.05. The number of amides is 1. The predicted molar refractivity (Wildman–Crippen MR) is 91.2 cm³/mol. The third kappa shape index (κ3) is 3.56. The normalized spacial score (nSPS) is 20.3. The van der Waals surface area contributed by atoms with Gasteiger partial charge in [-0.2, -0.15) is 5.10 Å². The fraction of sp³-hybridized carbons (Fsp3) is 0.556. The van der Waals surface area contributed by atoms with Gasteiger partial charge in [-0.05, 0) is 44.6 Å². The molecule has 1 saturated heterocycles. The first-order valence-electron chi connectivity index (χ1n) is 9.03. The molecule has 2 aromatic rings. The first-order valence-corrected chi connectivity index (χ1v) is 9.03. The maximum absolute atomic E-state index is 12.9. The fourth-order valence-electron chi connectivity index (χ4n) is 3.66.